The first-order valence-corrected chi connectivity index (χ1v) is 18.6. The van der Waals surface area contributed by atoms with Crippen LogP contribution in [0.4, 0.5) is 0 Å². The minimum atomic E-state index is -3.66. The molecule has 3 nitrogen and oxygen atoms in total. The van der Waals surface area contributed by atoms with Crippen molar-refractivity contribution in [1.29, 1.82) is 0 Å². The molecule has 4 bridgehead atoms. The molecule has 0 aromatic heterocycles. The predicted octanol–water partition coefficient (Wildman–Crippen LogP) is 8.18. The van der Waals surface area contributed by atoms with Crippen LogP contribution in [0.25, 0.3) is 11.1 Å². The van der Waals surface area contributed by atoms with Crippen LogP contribution < -0.4 is 4.43 Å². The first-order valence-electron chi connectivity index (χ1n) is 14.3. The standard InChI is InChI=1S/C32H44O3SSi/c1-7-8-14-36(33,34)30-26(10-9-11-29(30)35-37(5)6)25-12-13-27(31(2,3)4)28(18-25)32-19-22-15-23(20-32)17-24(16-22)21-32/h8-14,18,22-24,37H,7,15-17,19-21H2,1-6H3. The summed E-state index contributed by atoms with van der Waals surface area (Å²) in [5, 5.41) is 1.37. The molecule has 4 aliphatic rings. The molecule has 0 spiro atoms. The fourth-order valence-corrected chi connectivity index (χ4v) is 10.2. The van der Waals surface area contributed by atoms with Gasteiger partial charge in [0.2, 0.25) is 18.9 Å². The van der Waals surface area contributed by atoms with Gasteiger partial charge in [-0.3, -0.25) is 0 Å². The van der Waals surface area contributed by atoms with Crippen molar-refractivity contribution in [2.45, 2.75) is 101 Å². The lowest BCUT2D eigenvalue weighted by Gasteiger charge is -2.58. The largest absolute Gasteiger partial charge is 0.546 e. The van der Waals surface area contributed by atoms with E-state index in [1.165, 1.54) is 55.1 Å². The summed E-state index contributed by atoms with van der Waals surface area (Å²) in [6, 6.07) is 12.6. The van der Waals surface area contributed by atoms with Gasteiger partial charge in [0, 0.05) is 11.0 Å². The average Bonchev–Trinajstić information content (AvgIpc) is 2.80. The van der Waals surface area contributed by atoms with E-state index in [-0.39, 0.29) is 10.8 Å². The third-order valence-corrected chi connectivity index (χ3v) is 11.2. The highest BCUT2D eigenvalue weighted by atomic mass is 32.2. The molecule has 4 aliphatic carbocycles. The third kappa shape index (κ3) is 5.10. The van der Waals surface area contributed by atoms with E-state index in [9.17, 15) is 8.42 Å². The van der Waals surface area contributed by atoms with E-state index in [0.29, 0.717) is 17.1 Å². The normalized spacial score (nSPS) is 27.4. The van der Waals surface area contributed by atoms with Crippen LogP contribution in [0.2, 0.25) is 13.1 Å². The van der Waals surface area contributed by atoms with Crippen molar-refractivity contribution >= 4 is 18.9 Å². The van der Waals surface area contributed by atoms with E-state index in [0.717, 1.165) is 28.9 Å². The molecule has 4 fully saturated rings. The molecule has 0 heterocycles. The van der Waals surface area contributed by atoms with Crippen LogP contribution in [0.5, 0.6) is 5.75 Å². The van der Waals surface area contributed by atoms with Crippen molar-refractivity contribution in [3.63, 3.8) is 0 Å². The van der Waals surface area contributed by atoms with E-state index in [1.807, 2.05) is 25.1 Å². The Labute approximate surface area is 226 Å². The van der Waals surface area contributed by atoms with Gasteiger partial charge < -0.3 is 4.43 Å². The van der Waals surface area contributed by atoms with Gasteiger partial charge in [-0.2, -0.15) is 0 Å². The summed E-state index contributed by atoms with van der Waals surface area (Å²) in [6.07, 6.45) is 10.5. The van der Waals surface area contributed by atoms with Gasteiger partial charge in [0.05, 0.1) is 0 Å². The molecule has 0 amide bonds. The van der Waals surface area contributed by atoms with Crippen molar-refractivity contribution < 1.29 is 12.8 Å². The molecule has 0 unspecified atom stereocenters. The monoisotopic (exact) mass is 536 g/mol. The number of benzene rings is 2. The van der Waals surface area contributed by atoms with E-state index in [1.54, 1.807) is 6.08 Å². The first-order chi connectivity index (χ1) is 17.4. The zero-order valence-electron chi connectivity index (χ0n) is 23.5. The Balaban J connectivity index is 1.71. The van der Waals surface area contributed by atoms with Crippen molar-refractivity contribution in [1.82, 2.24) is 0 Å². The quantitative estimate of drug-likeness (QED) is 0.335. The van der Waals surface area contributed by atoms with E-state index in [2.05, 4.69) is 52.1 Å². The highest BCUT2D eigenvalue weighted by molar-refractivity contribution is 7.94. The molecule has 37 heavy (non-hydrogen) atoms. The summed E-state index contributed by atoms with van der Waals surface area (Å²) in [5.74, 6) is 3.05. The lowest BCUT2D eigenvalue weighted by Crippen LogP contribution is -2.49. The SMILES string of the molecule is CCC=CS(=O)(=O)c1c(O[SiH](C)C)cccc1-c1ccc(C(C)(C)C)c(C23CC4CC(CC(C4)C2)C3)c1. The van der Waals surface area contributed by atoms with Gasteiger partial charge in [0.1, 0.15) is 10.6 Å². The maximum absolute atomic E-state index is 13.7. The van der Waals surface area contributed by atoms with Crippen molar-refractivity contribution in [2.24, 2.45) is 17.8 Å². The number of hydrogen-bond donors (Lipinski definition) is 0. The Kier molecular flexibility index (Phi) is 7.02. The molecule has 0 saturated heterocycles. The number of hydrogen-bond acceptors (Lipinski definition) is 3. The lowest BCUT2D eigenvalue weighted by atomic mass is 9.47. The van der Waals surface area contributed by atoms with Gasteiger partial charge in [-0.1, -0.05) is 64.1 Å². The molecular formula is C32H44O3SSi. The molecule has 0 atom stereocenters. The van der Waals surface area contributed by atoms with Gasteiger partial charge >= 0.3 is 0 Å². The lowest BCUT2D eigenvalue weighted by molar-refractivity contribution is -0.00591. The average molecular weight is 537 g/mol. The maximum atomic E-state index is 13.7. The summed E-state index contributed by atoms with van der Waals surface area (Å²) < 4.78 is 33.5. The van der Waals surface area contributed by atoms with Crippen LogP contribution >= 0.6 is 0 Å². The zero-order chi connectivity index (χ0) is 26.6. The molecule has 2 aromatic rings. The summed E-state index contributed by atoms with van der Waals surface area (Å²) in [4.78, 5) is 0.320. The summed E-state index contributed by atoms with van der Waals surface area (Å²) in [7, 11) is -5.17. The summed E-state index contributed by atoms with van der Waals surface area (Å²) in [6.45, 7) is 13.1. The Morgan fingerprint density at radius 2 is 1.62 bits per heavy atom. The second-order valence-corrected chi connectivity index (χ2v) is 17.4. The topological polar surface area (TPSA) is 43.4 Å². The molecule has 0 aliphatic heterocycles. The van der Waals surface area contributed by atoms with Gasteiger partial charge in [0.25, 0.3) is 0 Å². The predicted molar refractivity (Wildman–Crippen MR) is 157 cm³/mol. The molecular weight excluding hydrogens is 493 g/mol. The smallest absolute Gasteiger partial charge is 0.229 e. The Bertz CT molecular complexity index is 1260. The third-order valence-electron chi connectivity index (χ3n) is 8.89. The van der Waals surface area contributed by atoms with E-state index < -0.39 is 18.9 Å². The molecule has 6 rings (SSSR count). The fourth-order valence-electron chi connectivity index (χ4n) is 7.92. The van der Waals surface area contributed by atoms with Crippen LogP contribution in [0.1, 0.15) is 83.8 Å². The molecule has 4 saturated carbocycles. The first kappa shape index (κ1) is 26.7. The van der Waals surface area contributed by atoms with Gasteiger partial charge in [-0.05, 0) is 109 Å². The van der Waals surface area contributed by atoms with E-state index in [4.69, 9.17) is 4.43 Å². The van der Waals surface area contributed by atoms with Crippen molar-refractivity contribution in [3.8, 4) is 16.9 Å². The minimum Gasteiger partial charge on any atom is -0.546 e. The van der Waals surface area contributed by atoms with Crippen molar-refractivity contribution in [3.05, 3.63) is 59.0 Å². The number of rotatable bonds is 7. The second-order valence-electron chi connectivity index (χ2n) is 13.3. The van der Waals surface area contributed by atoms with Crippen LogP contribution in [0, 0.1) is 17.8 Å². The van der Waals surface area contributed by atoms with Crippen molar-refractivity contribution in [2.75, 3.05) is 0 Å². The summed E-state index contributed by atoms with van der Waals surface area (Å²) >= 11 is 0. The van der Waals surface area contributed by atoms with Crippen LogP contribution in [-0.2, 0) is 20.7 Å². The Morgan fingerprint density at radius 3 is 2.16 bits per heavy atom. The Morgan fingerprint density at radius 1 is 1.00 bits per heavy atom. The van der Waals surface area contributed by atoms with Gasteiger partial charge in [0.15, 0.2) is 0 Å². The number of sulfone groups is 1. The summed E-state index contributed by atoms with van der Waals surface area (Å²) in [5.41, 5.74) is 4.93. The second kappa shape index (κ2) is 9.71. The fraction of sp³-hybridized carbons (Fsp3) is 0.562. The van der Waals surface area contributed by atoms with Crippen LogP contribution in [0.3, 0.4) is 0 Å². The molecule has 2 aromatic carbocycles. The minimum absolute atomic E-state index is 0.0319. The molecule has 0 N–H and O–H groups in total. The molecule has 0 radical (unpaired) electrons. The van der Waals surface area contributed by atoms with Gasteiger partial charge in [-0.15, -0.1) is 0 Å². The Hall–Kier alpha value is -1.85. The van der Waals surface area contributed by atoms with E-state index >= 15 is 0 Å². The zero-order valence-corrected chi connectivity index (χ0v) is 25.5. The highest BCUT2D eigenvalue weighted by Crippen LogP contribution is 2.62. The van der Waals surface area contributed by atoms with Crippen LogP contribution in [-0.4, -0.2) is 17.5 Å². The maximum Gasteiger partial charge on any atom is 0.229 e. The molecule has 200 valence electrons. The molecule has 5 heteroatoms. The van der Waals surface area contributed by atoms with Crippen LogP contribution in [0.15, 0.2) is 52.8 Å². The number of allylic oxidation sites excluding steroid dienone is 1. The van der Waals surface area contributed by atoms with Gasteiger partial charge in [-0.25, -0.2) is 8.42 Å². The highest BCUT2D eigenvalue weighted by Gasteiger charge is 2.52.